The van der Waals surface area contributed by atoms with Gasteiger partial charge in [0, 0.05) is 36.0 Å². The summed E-state index contributed by atoms with van der Waals surface area (Å²) in [6, 6.07) is 4.15. The summed E-state index contributed by atoms with van der Waals surface area (Å²) in [6.07, 6.45) is -0.0594. The Morgan fingerprint density at radius 2 is 1.94 bits per heavy atom. The lowest BCUT2D eigenvalue weighted by Gasteiger charge is -2.33. The van der Waals surface area contributed by atoms with Crippen LogP contribution < -0.4 is 16.0 Å². The summed E-state index contributed by atoms with van der Waals surface area (Å²) in [4.78, 5) is 38.4. The van der Waals surface area contributed by atoms with Crippen molar-refractivity contribution in [1.82, 2.24) is 15.1 Å². The first-order valence-corrected chi connectivity index (χ1v) is 10.8. The van der Waals surface area contributed by atoms with Gasteiger partial charge in [0.2, 0.25) is 0 Å². The SMILES string of the molecule is CC(C)(C)OC(=O)N1CCC(Oc2c(C(N)=O)n[nH]c(=O)c2-c2ccc(Br)cc2F)CC1. The van der Waals surface area contributed by atoms with Gasteiger partial charge in [0.15, 0.2) is 11.4 Å². The van der Waals surface area contributed by atoms with Gasteiger partial charge in [-0.05, 0) is 39.0 Å². The molecule has 2 amide bonds. The Morgan fingerprint density at radius 1 is 1.28 bits per heavy atom. The van der Waals surface area contributed by atoms with E-state index in [4.69, 9.17) is 15.2 Å². The van der Waals surface area contributed by atoms with Crippen LogP contribution in [-0.4, -0.2) is 51.9 Å². The molecule has 0 aliphatic carbocycles. The third kappa shape index (κ3) is 5.45. The smallest absolute Gasteiger partial charge is 0.410 e. The van der Waals surface area contributed by atoms with Gasteiger partial charge in [-0.1, -0.05) is 15.9 Å². The highest BCUT2D eigenvalue weighted by molar-refractivity contribution is 9.10. The van der Waals surface area contributed by atoms with Crippen molar-refractivity contribution < 1.29 is 23.5 Å². The van der Waals surface area contributed by atoms with Crippen LogP contribution in [-0.2, 0) is 4.74 Å². The summed E-state index contributed by atoms with van der Waals surface area (Å²) >= 11 is 3.17. The maximum Gasteiger partial charge on any atom is 0.410 e. The van der Waals surface area contributed by atoms with Crippen molar-refractivity contribution in [3.63, 3.8) is 0 Å². The number of carbonyl (C=O) groups excluding carboxylic acids is 2. The molecule has 3 N–H and O–H groups in total. The fourth-order valence-corrected chi connectivity index (χ4v) is 3.64. The maximum atomic E-state index is 14.6. The predicted octanol–water partition coefficient (Wildman–Crippen LogP) is 3.22. The number of rotatable bonds is 4. The summed E-state index contributed by atoms with van der Waals surface area (Å²) < 4.78 is 26.5. The highest BCUT2D eigenvalue weighted by atomic mass is 79.9. The van der Waals surface area contributed by atoms with Gasteiger partial charge in [0.25, 0.3) is 11.5 Å². The molecule has 1 aliphatic rings. The van der Waals surface area contributed by atoms with Crippen LogP contribution in [0.5, 0.6) is 5.75 Å². The van der Waals surface area contributed by atoms with Crippen LogP contribution in [0.2, 0.25) is 0 Å². The molecule has 0 radical (unpaired) electrons. The topological polar surface area (TPSA) is 128 Å². The van der Waals surface area contributed by atoms with Gasteiger partial charge in [0.1, 0.15) is 17.5 Å². The number of ether oxygens (including phenoxy) is 2. The lowest BCUT2D eigenvalue weighted by Crippen LogP contribution is -2.44. The first-order valence-electron chi connectivity index (χ1n) is 9.98. The number of nitrogens with two attached hydrogens (primary N) is 1. The average Bonchev–Trinajstić information content (AvgIpc) is 2.68. The monoisotopic (exact) mass is 510 g/mol. The molecular weight excluding hydrogens is 487 g/mol. The zero-order valence-electron chi connectivity index (χ0n) is 17.9. The normalized spacial score (nSPS) is 14.8. The molecule has 0 atom stereocenters. The molecule has 1 saturated heterocycles. The number of benzene rings is 1. The predicted molar refractivity (Wildman–Crippen MR) is 118 cm³/mol. The van der Waals surface area contributed by atoms with Crippen LogP contribution in [0.3, 0.4) is 0 Å². The zero-order valence-corrected chi connectivity index (χ0v) is 19.5. The molecule has 2 aromatic rings. The maximum absolute atomic E-state index is 14.6. The molecule has 0 spiro atoms. The van der Waals surface area contributed by atoms with Crippen molar-refractivity contribution in [2.45, 2.75) is 45.3 Å². The van der Waals surface area contributed by atoms with Crippen LogP contribution in [0.4, 0.5) is 9.18 Å². The van der Waals surface area contributed by atoms with Crippen LogP contribution in [0.15, 0.2) is 27.5 Å². The molecule has 1 aromatic carbocycles. The number of carbonyl (C=O) groups is 2. The number of nitrogens with one attached hydrogen (secondary N) is 1. The van der Waals surface area contributed by atoms with E-state index in [1.807, 2.05) is 0 Å². The summed E-state index contributed by atoms with van der Waals surface area (Å²) in [7, 11) is 0. The number of primary amides is 1. The van der Waals surface area contributed by atoms with Gasteiger partial charge in [-0.3, -0.25) is 9.59 Å². The van der Waals surface area contributed by atoms with E-state index in [2.05, 4.69) is 26.1 Å². The molecule has 0 bridgehead atoms. The molecule has 9 nitrogen and oxygen atoms in total. The molecule has 11 heteroatoms. The van der Waals surface area contributed by atoms with Crippen LogP contribution in [0, 0.1) is 5.82 Å². The van der Waals surface area contributed by atoms with E-state index in [9.17, 15) is 18.8 Å². The lowest BCUT2D eigenvalue weighted by atomic mass is 10.0. The molecule has 1 aromatic heterocycles. The van der Waals surface area contributed by atoms with Crippen LogP contribution >= 0.6 is 15.9 Å². The van der Waals surface area contributed by atoms with E-state index in [-0.39, 0.29) is 22.6 Å². The van der Waals surface area contributed by atoms with Gasteiger partial charge in [-0.2, -0.15) is 5.10 Å². The Kier molecular flexibility index (Phi) is 6.87. The van der Waals surface area contributed by atoms with Gasteiger partial charge >= 0.3 is 6.09 Å². The number of nitrogens with zero attached hydrogens (tertiary/aromatic N) is 2. The van der Waals surface area contributed by atoms with Crippen LogP contribution in [0.25, 0.3) is 11.1 Å². The fourth-order valence-electron chi connectivity index (χ4n) is 3.30. The van der Waals surface area contributed by atoms with Crippen molar-refractivity contribution in [2.75, 3.05) is 13.1 Å². The lowest BCUT2D eigenvalue weighted by molar-refractivity contribution is 0.0126. The number of hydrogen-bond acceptors (Lipinski definition) is 6. The number of piperidine rings is 1. The number of likely N-dealkylation sites (tertiary alicyclic amines) is 1. The van der Waals surface area contributed by atoms with Crippen molar-refractivity contribution >= 4 is 27.9 Å². The average molecular weight is 511 g/mol. The highest BCUT2D eigenvalue weighted by Gasteiger charge is 2.30. The van der Waals surface area contributed by atoms with E-state index in [1.54, 1.807) is 31.7 Å². The van der Waals surface area contributed by atoms with E-state index in [1.165, 1.54) is 12.1 Å². The van der Waals surface area contributed by atoms with Crippen LogP contribution in [0.1, 0.15) is 44.1 Å². The van der Waals surface area contributed by atoms with Crippen molar-refractivity contribution in [3.8, 4) is 16.9 Å². The first-order chi connectivity index (χ1) is 15.0. The second-order valence-electron chi connectivity index (χ2n) is 8.38. The van der Waals surface area contributed by atoms with Crippen molar-refractivity contribution in [3.05, 3.63) is 44.5 Å². The largest absolute Gasteiger partial charge is 0.487 e. The third-order valence-corrected chi connectivity index (χ3v) is 5.24. The Balaban J connectivity index is 1.88. The molecular formula is C21H24BrFN4O5. The number of H-pyrrole nitrogens is 1. The molecule has 0 unspecified atom stereocenters. The molecule has 1 fully saturated rings. The second-order valence-corrected chi connectivity index (χ2v) is 9.29. The Bertz CT molecular complexity index is 1090. The zero-order chi connectivity index (χ0) is 23.6. The third-order valence-electron chi connectivity index (χ3n) is 4.75. The number of aromatic amines is 1. The van der Waals surface area contributed by atoms with E-state index in [0.29, 0.717) is 30.4 Å². The standard InChI is InChI=1S/C21H24BrFN4O5/c1-21(2,3)32-20(30)27-8-6-12(7-9-27)31-17-15(13-5-4-11(22)10-14(13)23)19(29)26-25-16(17)18(24)28/h4-5,10,12H,6-9H2,1-3H3,(H2,24,28)(H,26,29). The minimum Gasteiger partial charge on any atom is -0.487 e. The first kappa shape index (κ1) is 23.7. The highest BCUT2D eigenvalue weighted by Crippen LogP contribution is 2.33. The fraction of sp³-hybridized carbons (Fsp3) is 0.429. The van der Waals surface area contributed by atoms with Crippen molar-refractivity contribution in [2.24, 2.45) is 5.73 Å². The van der Waals surface area contributed by atoms with Crippen molar-refractivity contribution in [1.29, 1.82) is 0 Å². The minimum absolute atomic E-state index is 0.0551. The van der Waals surface area contributed by atoms with Gasteiger partial charge < -0.3 is 20.1 Å². The van der Waals surface area contributed by atoms with E-state index < -0.39 is 35.1 Å². The van der Waals surface area contributed by atoms with E-state index >= 15 is 0 Å². The number of hydrogen-bond donors (Lipinski definition) is 2. The number of amides is 2. The summed E-state index contributed by atoms with van der Waals surface area (Å²) in [5, 5.41) is 5.88. The van der Waals surface area contributed by atoms with E-state index in [0.717, 1.165) is 0 Å². The molecule has 32 heavy (non-hydrogen) atoms. The molecule has 172 valence electrons. The quantitative estimate of drug-likeness (QED) is 0.649. The Morgan fingerprint density at radius 3 is 2.50 bits per heavy atom. The number of halogens is 2. The van der Waals surface area contributed by atoms with Gasteiger partial charge in [-0.25, -0.2) is 14.3 Å². The summed E-state index contributed by atoms with van der Waals surface area (Å²) in [5.74, 6) is -1.80. The summed E-state index contributed by atoms with van der Waals surface area (Å²) in [6.45, 7) is 6.06. The molecule has 1 aliphatic heterocycles. The minimum atomic E-state index is -0.929. The van der Waals surface area contributed by atoms with Gasteiger partial charge in [0.05, 0.1) is 5.56 Å². The second kappa shape index (κ2) is 9.27. The molecule has 0 saturated carbocycles. The van der Waals surface area contributed by atoms with Gasteiger partial charge in [-0.15, -0.1) is 0 Å². The Hall–Kier alpha value is -2.95. The summed E-state index contributed by atoms with van der Waals surface area (Å²) in [5.41, 5.74) is 3.55. The molecule has 2 heterocycles. The Labute approximate surface area is 192 Å². The molecule has 3 rings (SSSR count). The number of aromatic nitrogens is 2.